The van der Waals surface area contributed by atoms with E-state index in [0.717, 1.165) is 29.5 Å². The normalized spacial score (nSPS) is 15.0. The first-order valence-corrected chi connectivity index (χ1v) is 8.48. The Kier molecular flexibility index (Phi) is 3.81. The number of aryl methyl sites for hydroxylation is 1. The Morgan fingerprint density at radius 3 is 2.71 bits per heavy atom. The molecule has 1 amide bonds. The zero-order valence-electron chi connectivity index (χ0n) is 13.7. The van der Waals surface area contributed by atoms with Crippen molar-refractivity contribution in [2.75, 3.05) is 0 Å². The van der Waals surface area contributed by atoms with Crippen LogP contribution in [0.1, 0.15) is 41.8 Å². The second-order valence-electron chi connectivity index (χ2n) is 6.44. The number of amides is 1. The molecule has 0 unspecified atom stereocenters. The fraction of sp³-hybridized carbons (Fsp3) is 0.300. The molecule has 2 aromatic heterocycles. The predicted molar refractivity (Wildman–Crippen MR) is 93.9 cm³/mol. The van der Waals surface area contributed by atoms with Gasteiger partial charge in [0.15, 0.2) is 5.76 Å². The van der Waals surface area contributed by atoms with Crippen molar-refractivity contribution in [2.24, 2.45) is 0 Å². The second kappa shape index (κ2) is 6.11. The summed E-state index contributed by atoms with van der Waals surface area (Å²) in [6.07, 6.45) is 4.52. The number of para-hydroxylation sites is 1. The third-order valence-corrected chi connectivity index (χ3v) is 4.64. The Balaban J connectivity index is 1.78. The minimum atomic E-state index is -0.0231. The highest BCUT2D eigenvalue weighted by atomic mass is 16.3. The minimum absolute atomic E-state index is 0.0231. The number of carbonyl (C=O) groups is 1. The van der Waals surface area contributed by atoms with Gasteiger partial charge < -0.3 is 9.73 Å². The molecular formula is C20H20N2O2. The molecule has 4 rings (SSSR count). The number of pyridine rings is 1. The fourth-order valence-corrected chi connectivity index (χ4v) is 3.39. The molecule has 4 nitrogen and oxygen atoms in total. The zero-order chi connectivity index (χ0) is 16.5. The largest absolute Gasteiger partial charge is 0.460 e. The summed E-state index contributed by atoms with van der Waals surface area (Å²) in [7, 11) is 0. The number of nitrogens with zero attached hydrogens (tertiary/aromatic N) is 1. The van der Waals surface area contributed by atoms with E-state index in [1.165, 1.54) is 12.8 Å². The number of benzene rings is 1. The lowest BCUT2D eigenvalue weighted by Crippen LogP contribution is -2.32. The molecule has 1 aliphatic carbocycles. The van der Waals surface area contributed by atoms with Gasteiger partial charge in [0.05, 0.1) is 11.1 Å². The molecule has 0 saturated heterocycles. The first kappa shape index (κ1) is 14.9. The summed E-state index contributed by atoms with van der Waals surface area (Å²) in [5, 5.41) is 4.05. The third-order valence-electron chi connectivity index (χ3n) is 4.64. The molecule has 122 valence electrons. The summed E-state index contributed by atoms with van der Waals surface area (Å²) >= 11 is 0. The van der Waals surface area contributed by atoms with Gasteiger partial charge in [0, 0.05) is 11.4 Å². The van der Waals surface area contributed by atoms with Crippen molar-refractivity contribution in [3.63, 3.8) is 0 Å². The van der Waals surface area contributed by atoms with Crippen molar-refractivity contribution >= 4 is 16.8 Å². The summed E-state index contributed by atoms with van der Waals surface area (Å²) in [5.41, 5.74) is 2.16. The van der Waals surface area contributed by atoms with E-state index in [9.17, 15) is 4.79 Å². The summed E-state index contributed by atoms with van der Waals surface area (Å²) in [6, 6.07) is 13.7. The minimum Gasteiger partial charge on any atom is -0.460 e. The topological polar surface area (TPSA) is 55.1 Å². The smallest absolute Gasteiger partial charge is 0.252 e. The highest BCUT2D eigenvalue weighted by Crippen LogP contribution is 2.27. The van der Waals surface area contributed by atoms with E-state index in [2.05, 4.69) is 10.3 Å². The average molecular weight is 320 g/mol. The maximum Gasteiger partial charge on any atom is 0.252 e. The van der Waals surface area contributed by atoms with Gasteiger partial charge in [0.2, 0.25) is 0 Å². The first-order valence-electron chi connectivity index (χ1n) is 8.48. The quantitative estimate of drug-likeness (QED) is 0.774. The van der Waals surface area contributed by atoms with Crippen LogP contribution in [0, 0.1) is 6.92 Å². The van der Waals surface area contributed by atoms with Crippen molar-refractivity contribution < 1.29 is 9.21 Å². The molecule has 0 radical (unpaired) electrons. The molecule has 0 atom stereocenters. The Morgan fingerprint density at radius 2 is 1.96 bits per heavy atom. The number of furan rings is 1. The summed E-state index contributed by atoms with van der Waals surface area (Å²) in [6.45, 7) is 1.90. The average Bonchev–Trinajstić information content (AvgIpc) is 3.25. The van der Waals surface area contributed by atoms with Crippen molar-refractivity contribution in [1.29, 1.82) is 0 Å². The highest BCUT2D eigenvalue weighted by molar-refractivity contribution is 6.07. The summed E-state index contributed by atoms with van der Waals surface area (Å²) < 4.78 is 5.69. The molecule has 0 spiro atoms. The molecular weight excluding hydrogens is 300 g/mol. The molecule has 1 aliphatic rings. The predicted octanol–water partition coefficient (Wildman–Crippen LogP) is 4.48. The van der Waals surface area contributed by atoms with Crippen LogP contribution in [-0.2, 0) is 0 Å². The van der Waals surface area contributed by atoms with Crippen LogP contribution in [0.2, 0.25) is 0 Å². The number of rotatable bonds is 3. The van der Waals surface area contributed by atoms with Gasteiger partial charge >= 0.3 is 0 Å². The van der Waals surface area contributed by atoms with Gasteiger partial charge in [-0.1, -0.05) is 31.0 Å². The molecule has 1 N–H and O–H groups in total. The molecule has 4 heteroatoms. The molecule has 1 aromatic carbocycles. The molecule has 1 fully saturated rings. The van der Waals surface area contributed by atoms with Crippen molar-refractivity contribution in [1.82, 2.24) is 10.3 Å². The van der Waals surface area contributed by atoms with Gasteiger partial charge in [-0.3, -0.25) is 4.79 Å². The van der Waals surface area contributed by atoms with Gasteiger partial charge in [-0.25, -0.2) is 4.98 Å². The lowest BCUT2D eigenvalue weighted by Gasteiger charge is -2.14. The number of hydrogen-bond acceptors (Lipinski definition) is 3. The van der Waals surface area contributed by atoms with Gasteiger partial charge in [0.25, 0.3) is 5.91 Å². The van der Waals surface area contributed by atoms with Crippen LogP contribution in [0.25, 0.3) is 22.4 Å². The molecule has 0 bridgehead atoms. The van der Waals surface area contributed by atoms with Crippen molar-refractivity contribution in [3.05, 3.63) is 53.8 Å². The SMILES string of the molecule is Cc1ccc(-c2cc(C(=O)NC3CCCC3)c3ccccc3n2)o1. The molecule has 1 saturated carbocycles. The fourth-order valence-electron chi connectivity index (χ4n) is 3.39. The van der Waals surface area contributed by atoms with Gasteiger partial charge in [0.1, 0.15) is 11.5 Å². The number of fused-ring (bicyclic) bond motifs is 1. The summed E-state index contributed by atoms with van der Waals surface area (Å²) in [4.78, 5) is 17.5. The zero-order valence-corrected chi connectivity index (χ0v) is 13.7. The Bertz CT molecular complexity index is 892. The Morgan fingerprint density at radius 1 is 1.17 bits per heavy atom. The summed E-state index contributed by atoms with van der Waals surface area (Å²) in [5.74, 6) is 1.50. The molecule has 3 aromatic rings. The maximum atomic E-state index is 12.8. The van der Waals surface area contributed by atoms with E-state index in [0.29, 0.717) is 23.1 Å². The number of carbonyl (C=O) groups excluding carboxylic acids is 1. The van der Waals surface area contributed by atoms with Crippen LogP contribution in [0.4, 0.5) is 0 Å². The Labute approximate surface area is 140 Å². The van der Waals surface area contributed by atoms with Crippen LogP contribution in [0.5, 0.6) is 0 Å². The molecule has 24 heavy (non-hydrogen) atoms. The first-order chi connectivity index (χ1) is 11.7. The highest BCUT2D eigenvalue weighted by Gasteiger charge is 2.20. The van der Waals surface area contributed by atoms with Gasteiger partial charge in [-0.2, -0.15) is 0 Å². The lowest BCUT2D eigenvalue weighted by molar-refractivity contribution is 0.0939. The van der Waals surface area contributed by atoms with E-state index < -0.39 is 0 Å². The van der Waals surface area contributed by atoms with Crippen LogP contribution >= 0.6 is 0 Å². The van der Waals surface area contributed by atoms with Crippen LogP contribution in [0.3, 0.4) is 0 Å². The molecule has 0 aliphatic heterocycles. The van der Waals surface area contributed by atoms with Crippen LogP contribution in [-0.4, -0.2) is 16.9 Å². The number of aromatic nitrogens is 1. The Hall–Kier alpha value is -2.62. The van der Waals surface area contributed by atoms with E-state index in [1.54, 1.807) is 0 Å². The van der Waals surface area contributed by atoms with Crippen molar-refractivity contribution in [2.45, 2.75) is 38.6 Å². The number of hydrogen-bond donors (Lipinski definition) is 1. The van der Waals surface area contributed by atoms with Crippen molar-refractivity contribution in [3.8, 4) is 11.5 Å². The third kappa shape index (κ3) is 2.80. The second-order valence-corrected chi connectivity index (χ2v) is 6.44. The number of nitrogens with one attached hydrogen (secondary N) is 1. The van der Waals surface area contributed by atoms with E-state index >= 15 is 0 Å². The van der Waals surface area contributed by atoms with Crippen LogP contribution in [0.15, 0.2) is 46.9 Å². The van der Waals surface area contributed by atoms with E-state index in [1.807, 2.05) is 49.4 Å². The standard InChI is InChI=1S/C20H20N2O2/c1-13-10-11-19(24-13)18-12-16(15-8-4-5-9-17(15)22-18)20(23)21-14-6-2-3-7-14/h4-5,8-12,14H,2-3,6-7H2,1H3,(H,21,23). The molecule has 2 heterocycles. The monoisotopic (exact) mass is 320 g/mol. The van der Waals surface area contributed by atoms with E-state index in [4.69, 9.17) is 4.42 Å². The van der Waals surface area contributed by atoms with E-state index in [-0.39, 0.29) is 5.91 Å². The van der Waals surface area contributed by atoms with Gasteiger partial charge in [-0.15, -0.1) is 0 Å². The lowest BCUT2D eigenvalue weighted by atomic mass is 10.1. The van der Waals surface area contributed by atoms with Gasteiger partial charge in [-0.05, 0) is 44.0 Å². The van der Waals surface area contributed by atoms with Crippen LogP contribution < -0.4 is 5.32 Å². The maximum absolute atomic E-state index is 12.8.